The van der Waals surface area contributed by atoms with Gasteiger partial charge in [-0.1, -0.05) is 0 Å². The van der Waals surface area contributed by atoms with Crippen LogP contribution in [0.1, 0.15) is 24.3 Å². The largest absolute Gasteiger partial charge is 0.480 e. The van der Waals surface area contributed by atoms with E-state index in [9.17, 15) is 9.59 Å². The molecule has 0 fully saturated rings. The van der Waals surface area contributed by atoms with Gasteiger partial charge in [0.1, 0.15) is 12.2 Å². The molecule has 1 aromatic heterocycles. The SMILES string of the molecule is CC(C)N(CC(=O)O)c1ccnc(C(=O)N(C)C)c1. The van der Waals surface area contributed by atoms with Crippen LogP contribution in [0.15, 0.2) is 18.3 Å². The number of carbonyl (C=O) groups excluding carboxylic acids is 1. The molecule has 0 aliphatic heterocycles. The van der Waals surface area contributed by atoms with Crippen molar-refractivity contribution in [3.05, 3.63) is 24.0 Å². The van der Waals surface area contributed by atoms with Gasteiger partial charge in [-0.2, -0.15) is 0 Å². The van der Waals surface area contributed by atoms with Crippen LogP contribution in [-0.4, -0.2) is 53.5 Å². The Balaban J connectivity index is 3.08. The minimum absolute atomic E-state index is 0.0146. The van der Waals surface area contributed by atoms with Crippen LogP contribution >= 0.6 is 0 Å². The number of hydrogen-bond acceptors (Lipinski definition) is 4. The van der Waals surface area contributed by atoms with E-state index in [-0.39, 0.29) is 18.5 Å². The number of amides is 1. The third-order valence-corrected chi connectivity index (χ3v) is 2.63. The number of hydrogen-bond donors (Lipinski definition) is 1. The van der Waals surface area contributed by atoms with Crippen molar-refractivity contribution in [3.63, 3.8) is 0 Å². The first-order valence-electron chi connectivity index (χ1n) is 5.99. The summed E-state index contributed by atoms with van der Waals surface area (Å²) in [5.41, 5.74) is 0.983. The minimum atomic E-state index is -0.911. The van der Waals surface area contributed by atoms with Gasteiger partial charge in [0.25, 0.3) is 5.91 Å². The average molecular weight is 265 g/mol. The van der Waals surface area contributed by atoms with E-state index in [1.54, 1.807) is 31.1 Å². The van der Waals surface area contributed by atoms with E-state index in [1.807, 2.05) is 13.8 Å². The summed E-state index contributed by atoms with van der Waals surface area (Å²) >= 11 is 0. The van der Waals surface area contributed by atoms with Crippen LogP contribution in [0.5, 0.6) is 0 Å². The molecule has 0 radical (unpaired) electrons. The summed E-state index contributed by atoms with van der Waals surface area (Å²) in [5, 5.41) is 8.93. The normalized spacial score (nSPS) is 10.4. The number of aliphatic carboxylic acids is 1. The second-order valence-corrected chi connectivity index (χ2v) is 4.71. The summed E-state index contributed by atoms with van der Waals surface area (Å²) in [6, 6.07) is 3.33. The lowest BCUT2D eigenvalue weighted by atomic mass is 10.2. The molecule has 0 aliphatic carbocycles. The second-order valence-electron chi connectivity index (χ2n) is 4.71. The smallest absolute Gasteiger partial charge is 0.323 e. The highest BCUT2D eigenvalue weighted by Gasteiger charge is 2.17. The summed E-state index contributed by atoms with van der Waals surface area (Å²) in [4.78, 5) is 29.9. The molecule has 1 N–H and O–H groups in total. The van der Waals surface area contributed by atoms with Crippen LogP contribution < -0.4 is 4.90 Å². The number of aromatic nitrogens is 1. The van der Waals surface area contributed by atoms with Crippen LogP contribution in [0.25, 0.3) is 0 Å². The van der Waals surface area contributed by atoms with E-state index in [4.69, 9.17) is 5.11 Å². The van der Waals surface area contributed by atoms with Gasteiger partial charge in [0.05, 0.1) is 0 Å². The summed E-state index contributed by atoms with van der Waals surface area (Å²) in [7, 11) is 3.29. The van der Waals surface area contributed by atoms with E-state index >= 15 is 0 Å². The molecule has 1 rings (SSSR count). The molecule has 6 heteroatoms. The van der Waals surface area contributed by atoms with Crippen LogP contribution in [-0.2, 0) is 4.79 Å². The highest BCUT2D eigenvalue weighted by atomic mass is 16.4. The Hall–Kier alpha value is -2.11. The zero-order chi connectivity index (χ0) is 14.6. The van der Waals surface area contributed by atoms with E-state index in [1.165, 1.54) is 11.1 Å². The highest BCUT2D eigenvalue weighted by Crippen LogP contribution is 2.17. The van der Waals surface area contributed by atoms with Crippen molar-refractivity contribution in [2.45, 2.75) is 19.9 Å². The molecule has 1 aromatic rings. The fourth-order valence-corrected chi connectivity index (χ4v) is 1.66. The first-order chi connectivity index (χ1) is 8.82. The topological polar surface area (TPSA) is 73.7 Å². The number of pyridine rings is 1. The Labute approximate surface area is 112 Å². The molecule has 19 heavy (non-hydrogen) atoms. The lowest BCUT2D eigenvalue weighted by Gasteiger charge is -2.27. The van der Waals surface area contributed by atoms with E-state index in [0.29, 0.717) is 11.4 Å². The summed E-state index contributed by atoms with van der Waals surface area (Å²) < 4.78 is 0. The average Bonchev–Trinajstić information content (AvgIpc) is 2.34. The molecule has 0 unspecified atom stereocenters. The number of carboxylic acid groups (broad SMARTS) is 1. The molecule has 6 nitrogen and oxygen atoms in total. The zero-order valence-electron chi connectivity index (χ0n) is 11.6. The molecule has 0 saturated heterocycles. The van der Waals surface area contributed by atoms with Gasteiger partial charge in [0, 0.05) is 32.0 Å². The van der Waals surface area contributed by atoms with Crippen LogP contribution in [0, 0.1) is 0 Å². The van der Waals surface area contributed by atoms with Gasteiger partial charge >= 0.3 is 5.97 Å². The molecular weight excluding hydrogens is 246 g/mol. The maximum Gasteiger partial charge on any atom is 0.323 e. The van der Waals surface area contributed by atoms with Crippen molar-refractivity contribution < 1.29 is 14.7 Å². The predicted molar refractivity (Wildman–Crippen MR) is 72.4 cm³/mol. The van der Waals surface area contributed by atoms with Crippen molar-refractivity contribution in [1.29, 1.82) is 0 Å². The van der Waals surface area contributed by atoms with Gasteiger partial charge in [0.2, 0.25) is 0 Å². The summed E-state index contributed by atoms with van der Waals surface area (Å²) in [6.45, 7) is 3.69. The fourth-order valence-electron chi connectivity index (χ4n) is 1.66. The van der Waals surface area contributed by atoms with Gasteiger partial charge < -0.3 is 14.9 Å². The highest BCUT2D eigenvalue weighted by molar-refractivity contribution is 5.93. The first-order valence-corrected chi connectivity index (χ1v) is 5.99. The zero-order valence-corrected chi connectivity index (χ0v) is 11.6. The van der Waals surface area contributed by atoms with Crippen molar-refractivity contribution >= 4 is 17.6 Å². The molecule has 0 atom stereocenters. The Morgan fingerprint density at radius 3 is 2.47 bits per heavy atom. The molecule has 0 saturated carbocycles. The van der Waals surface area contributed by atoms with Crippen LogP contribution in [0.4, 0.5) is 5.69 Å². The number of nitrogens with zero attached hydrogens (tertiary/aromatic N) is 3. The molecule has 0 spiro atoms. The standard InChI is InChI=1S/C13H19N3O3/c1-9(2)16(8-12(17)18)10-5-6-14-11(7-10)13(19)15(3)4/h5-7,9H,8H2,1-4H3,(H,17,18). The second kappa shape index (κ2) is 6.17. The quantitative estimate of drug-likeness (QED) is 0.862. The van der Waals surface area contributed by atoms with E-state index in [0.717, 1.165) is 0 Å². The van der Waals surface area contributed by atoms with Crippen molar-refractivity contribution in [1.82, 2.24) is 9.88 Å². The van der Waals surface area contributed by atoms with E-state index in [2.05, 4.69) is 4.98 Å². The monoisotopic (exact) mass is 265 g/mol. The lowest BCUT2D eigenvalue weighted by Crippen LogP contribution is -2.36. The maximum atomic E-state index is 11.8. The van der Waals surface area contributed by atoms with Crippen molar-refractivity contribution in [3.8, 4) is 0 Å². The van der Waals surface area contributed by atoms with Crippen LogP contribution in [0.2, 0.25) is 0 Å². The molecular formula is C13H19N3O3. The maximum absolute atomic E-state index is 11.8. The Kier molecular flexibility index (Phi) is 4.86. The number of rotatable bonds is 5. The molecule has 104 valence electrons. The van der Waals surface area contributed by atoms with Gasteiger partial charge in [-0.15, -0.1) is 0 Å². The molecule has 0 aliphatic rings. The fraction of sp³-hybridized carbons (Fsp3) is 0.462. The summed E-state index contributed by atoms with van der Waals surface area (Å²) in [6.07, 6.45) is 1.52. The van der Waals surface area contributed by atoms with Crippen molar-refractivity contribution in [2.75, 3.05) is 25.5 Å². The van der Waals surface area contributed by atoms with Gasteiger partial charge in [-0.05, 0) is 26.0 Å². The Bertz CT molecular complexity index is 472. The van der Waals surface area contributed by atoms with Gasteiger partial charge in [0.15, 0.2) is 0 Å². The Morgan fingerprint density at radius 1 is 1.37 bits per heavy atom. The lowest BCUT2D eigenvalue weighted by molar-refractivity contribution is -0.135. The molecule has 0 bridgehead atoms. The summed E-state index contributed by atoms with van der Waals surface area (Å²) in [5.74, 6) is -1.12. The minimum Gasteiger partial charge on any atom is -0.480 e. The van der Waals surface area contributed by atoms with Gasteiger partial charge in [-0.3, -0.25) is 14.6 Å². The molecule has 1 amide bonds. The number of carboxylic acids is 1. The first kappa shape index (κ1) is 14.9. The third kappa shape index (κ3) is 3.94. The predicted octanol–water partition coefficient (Wildman–Crippen LogP) is 1.08. The number of carbonyl (C=O) groups is 2. The Morgan fingerprint density at radius 2 is 2.00 bits per heavy atom. The van der Waals surface area contributed by atoms with Crippen LogP contribution in [0.3, 0.4) is 0 Å². The van der Waals surface area contributed by atoms with Gasteiger partial charge in [-0.25, -0.2) is 0 Å². The number of anilines is 1. The molecule has 0 aromatic carbocycles. The van der Waals surface area contributed by atoms with Crippen molar-refractivity contribution in [2.24, 2.45) is 0 Å². The molecule has 1 heterocycles. The van der Waals surface area contributed by atoms with E-state index < -0.39 is 5.97 Å². The third-order valence-electron chi connectivity index (χ3n) is 2.63.